The number of nitriles is 1. The van der Waals surface area contributed by atoms with Crippen LogP contribution >= 0.6 is 22.7 Å². The summed E-state index contributed by atoms with van der Waals surface area (Å²) in [6, 6.07) is 20.3. The van der Waals surface area contributed by atoms with Crippen molar-refractivity contribution >= 4 is 33.5 Å². The highest BCUT2D eigenvalue weighted by atomic mass is 32.1. The highest BCUT2D eigenvalue weighted by Gasteiger charge is 2.32. The van der Waals surface area contributed by atoms with Gasteiger partial charge in [0.1, 0.15) is 5.82 Å². The fourth-order valence-corrected chi connectivity index (χ4v) is 5.28. The first-order chi connectivity index (χ1) is 15.1. The van der Waals surface area contributed by atoms with Gasteiger partial charge in [0.2, 0.25) is 5.13 Å². The van der Waals surface area contributed by atoms with Gasteiger partial charge in [-0.2, -0.15) is 10.4 Å². The maximum Gasteiger partial charge on any atom is 0.207 e. The Morgan fingerprint density at radius 2 is 1.84 bits per heavy atom. The van der Waals surface area contributed by atoms with Crippen LogP contribution in [0.4, 0.5) is 9.52 Å². The third kappa shape index (κ3) is 3.88. The van der Waals surface area contributed by atoms with E-state index in [1.165, 1.54) is 28.3 Å². The molecule has 0 saturated heterocycles. The van der Waals surface area contributed by atoms with Gasteiger partial charge < -0.3 is 0 Å². The van der Waals surface area contributed by atoms with Crippen molar-refractivity contribution in [3.05, 3.63) is 92.7 Å². The Bertz CT molecular complexity index is 1300. The zero-order valence-electron chi connectivity index (χ0n) is 16.6. The third-order valence-corrected chi connectivity index (χ3v) is 7.07. The van der Waals surface area contributed by atoms with Crippen LogP contribution < -0.4 is 5.01 Å². The fourth-order valence-electron chi connectivity index (χ4n) is 3.59. The summed E-state index contributed by atoms with van der Waals surface area (Å²) in [5, 5.41) is 18.7. The first kappa shape index (κ1) is 19.6. The SMILES string of the molecule is Cc1ccc(C2=NN(c3nc(-c4ccc(C#N)cc4)cs3)C(c3ccc(F)cc3)C2)s1. The fraction of sp³-hybridized carbons (Fsp3) is 0.125. The van der Waals surface area contributed by atoms with Gasteiger partial charge in [-0.05, 0) is 48.9 Å². The molecule has 1 aliphatic heterocycles. The van der Waals surface area contributed by atoms with E-state index >= 15 is 0 Å². The molecule has 4 aromatic rings. The molecule has 2 aromatic carbocycles. The number of hydrogen-bond donors (Lipinski definition) is 0. The number of rotatable bonds is 4. The van der Waals surface area contributed by atoms with Crippen LogP contribution in [-0.2, 0) is 0 Å². The minimum Gasteiger partial charge on any atom is -0.231 e. The Balaban J connectivity index is 1.51. The first-order valence-electron chi connectivity index (χ1n) is 9.76. The van der Waals surface area contributed by atoms with Crippen LogP contribution in [0.25, 0.3) is 11.3 Å². The lowest BCUT2D eigenvalue weighted by molar-refractivity contribution is 0.624. The molecule has 2 aromatic heterocycles. The standard InChI is InChI=1S/C24H17FN4S2/c1-15-2-11-23(31-15)20-12-22(18-7-9-19(25)10-8-18)29(28-20)24-27-21(14-30-24)17-5-3-16(13-26)4-6-17/h2-11,14,22H,12H2,1H3. The van der Waals surface area contributed by atoms with Gasteiger partial charge in [0.25, 0.3) is 0 Å². The molecule has 1 aliphatic rings. The third-order valence-electron chi connectivity index (χ3n) is 5.19. The number of thiazole rings is 1. The molecule has 7 heteroatoms. The van der Waals surface area contributed by atoms with E-state index in [4.69, 9.17) is 15.3 Å². The van der Waals surface area contributed by atoms with E-state index in [1.54, 1.807) is 23.5 Å². The molecule has 1 unspecified atom stereocenters. The van der Waals surface area contributed by atoms with E-state index in [0.29, 0.717) is 5.56 Å². The van der Waals surface area contributed by atoms with Gasteiger partial charge in [0, 0.05) is 22.2 Å². The second kappa shape index (κ2) is 8.06. The molecule has 0 bridgehead atoms. The van der Waals surface area contributed by atoms with E-state index in [9.17, 15) is 4.39 Å². The molecule has 0 spiro atoms. The smallest absolute Gasteiger partial charge is 0.207 e. The highest BCUT2D eigenvalue weighted by Crippen LogP contribution is 2.40. The molecule has 0 radical (unpaired) electrons. The van der Waals surface area contributed by atoms with Crippen LogP contribution in [0.3, 0.4) is 0 Å². The summed E-state index contributed by atoms with van der Waals surface area (Å²) in [5.41, 5.74) is 4.44. The number of benzene rings is 2. The normalized spacial score (nSPS) is 15.7. The monoisotopic (exact) mass is 444 g/mol. The molecular weight excluding hydrogens is 427 g/mol. The summed E-state index contributed by atoms with van der Waals surface area (Å²) < 4.78 is 13.5. The minimum atomic E-state index is -0.249. The minimum absolute atomic E-state index is 0.0435. The summed E-state index contributed by atoms with van der Waals surface area (Å²) in [5.74, 6) is -0.249. The average Bonchev–Trinajstić information content (AvgIpc) is 3.53. The van der Waals surface area contributed by atoms with Crippen molar-refractivity contribution in [2.24, 2.45) is 5.10 Å². The number of hydrogen-bond acceptors (Lipinski definition) is 6. The summed E-state index contributed by atoms with van der Waals surface area (Å²) >= 11 is 3.25. The molecule has 4 nitrogen and oxygen atoms in total. The van der Waals surface area contributed by atoms with Gasteiger partial charge in [-0.25, -0.2) is 14.4 Å². The van der Waals surface area contributed by atoms with E-state index < -0.39 is 0 Å². The average molecular weight is 445 g/mol. The van der Waals surface area contributed by atoms with Crippen molar-refractivity contribution in [3.63, 3.8) is 0 Å². The maximum absolute atomic E-state index is 13.5. The molecular formula is C24H17FN4S2. The van der Waals surface area contributed by atoms with Crippen molar-refractivity contribution in [2.45, 2.75) is 19.4 Å². The lowest BCUT2D eigenvalue weighted by Gasteiger charge is -2.21. The molecule has 152 valence electrons. The van der Waals surface area contributed by atoms with E-state index in [2.05, 4.69) is 25.1 Å². The molecule has 0 fully saturated rings. The quantitative estimate of drug-likeness (QED) is 0.359. The van der Waals surface area contributed by atoms with Crippen molar-refractivity contribution < 1.29 is 4.39 Å². The topological polar surface area (TPSA) is 52.3 Å². The lowest BCUT2D eigenvalue weighted by Crippen LogP contribution is -2.18. The molecule has 3 heterocycles. The molecule has 1 atom stereocenters. The molecule has 0 N–H and O–H groups in total. The van der Waals surface area contributed by atoms with Gasteiger partial charge in [0.05, 0.1) is 34.0 Å². The van der Waals surface area contributed by atoms with Gasteiger partial charge in [-0.15, -0.1) is 22.7 Å². The number of nitrogens with zero attached hydrogens (tertiary/aromatic N) is 4. The van der Waals surface area contributed by atoms with E-state index in [-0.39, 0.29) is 11.9 Å². The highest BCUT2D eigenvalue weighted by molar-refractivity contribution is 7.14. The van der Waals surface area contributed by atoms with Crippen molar-refractivity contribution in [1.82, 2.24) is 4.98 Å². The predicted octanol–water partition coefficient (Wildman–Crippen LogP) is 6.55. The molecule has 31 heavy (non-hydrogen) atoms. The Morgan fingerprint density at radius 1 is 1.06 bits per heavy atom. The summed E-state index contributed by atoms with van der Waals surface area (Å²) in [7, 11) is 0. The number of anilines is 1. The van der Waals surface area contributed by atoms with Crippen molar-refractivity contribution in [1.29, 1.82) is 5.26 Å². The number of hydrazone groups is 1. The summed E-state index contributed by atoms with van der Waals surface area (Å²) in [6.07, 6.45) is 0.733. The Morgan fingerprint density at radius 3 is 2.52 bits per heavy atom. The van der Waals surface area contributed by atoms with Crippen LogP contribution in [-0.4, -0.2) is 10.7 Å². The van der Waals surface area contributed by atoms with Gasteiger partial charge in [0.15, 0.2) is 0 Å². The Hall–Kier alpha value is -3.34. The largest absolute Gasteiger partial charge is 0.231 e. The van der Waals surface area contributed by atoms with Crippen LogP contribution in [0.2, 0.25) is 0 Å². The number of halogens is 1. The second-order valence-electron chi connectivity index (χ2n) is 7.28. The maximum atomic E-state index is 13.5. The predicted molar refractivity (Wildman–Crippen MR) is 124 cm³/mol. The van der Waals surface area contributed by atoms with E-state index in [0.717, 1.165) is 39.0 Å². The number of aryl methyl sites for hydroxylation is 1. The van der Waals surface area contributed by atoms with Gasteiger partial charge >= 0.3 is 0 Å². The molecule has 0 amide bonds. The Labute approximate surface area is 187 Å². The molecule has 5 rings (SSSR count). The van der Waals surface area contributed by atoms with Crippen LogP contribution in [0.5, 0.6) is 0 Å². The van der Waals surface area contributed by atoms with E-state index in [1.807, 2.05) is 34.7 Å². The summed E-state index contributed by atoms with van der Waals surface area (Å²) in [6.45, 7) is 2.09. The van der Waals surface area contributed by atoms with Crippen molar-refractivity contribution in [2.75, 3.05) is 5.01 Å². The second-order valence-corrected chi connectivity index (χ2v) is 9.40. The number of thiophene rings is 1. The van der Waals surface area contributed by atoms with Crippen LogP contribution in [0, 0.1) is 24.1 Å². The zero-order chi connectivity index (χ0) is 21.4. The van der Waals surface area contributed by atoms with Crippen molar-refractivity contribution in [3.8, 4) is 17.3 Å². The lowest BCUT2D eigenvalue weighted by atomic mass is 10.0. The van der Waals surface area contributed by atoms with Gasteiger partial charge in [-0.1, -0.05) is 24.3 Å². The molecule has 0 aliphatic carbocycles. The van der Waals surface area contributed by atoms with Crippen LogP contribution in [0.1, 0.15) is 33.3 Å². The number of aromatic nitrogens is 1. The first-order valence-corrected chi connectivity index (χ1v) is 11.5. The zero-order valence-corrected chi connectivity index (χ0v) is 18.3. The van der Waals surface area contributed by atoms with Gasteiger partial charge in [-0.3, -0.25) is 0 Å². The Kier molecular flexibility index (Phi) is 5.10. The van der Waals surface area contributed by atoms with Crippen LogP contribution in [0.15, 0.2) is 71.1 Å². The summed E-state index contributed by atoms with van der Waals surface area (Å²) in [4.78, 5) is 7.22. The molecule has 0 saturated carbocycles.